The van der Waals surface area contributed by atoms with Crippen molar-refractivity contribution in [3.05, 3.63) is 48.0 Å². The molecule has 20 heavy (non-hydrogen) atoms. The van der Waals surface area contributed by atoms with Crippen molar-refractivity contribution in [2.45, 2.75) is 19.4 Å². The second-order valence-electron chi connectivity index (χ2n) is 4.41. The van der Waals surface area contributed by atoms with Crippen LogP contribution < -0.4 is 5.32 Å². The highest BCUT2D eigenvalue weighted by Crippen LogP contribution is 2.12. The molecular formula is C15H19NO4. The van der Waals surface area contributed by atoms with Gasteiger partial charge in [-0.05, 0) is 25.5 Å². The molecule has 0 saturated carbocycles. The Balaban J connectivity index is 2.36. The Bertz CT molecular complexity index is 470. The molecule has 0 aliphatic carbocycles. The molecule has 5 heteroatoms. The molecule has 0 amide bonds. The minimum atomic E-state index is -0.935. The first-order valence-electron chi connectivity index (χ1n) is 6.36. The highest BCUT2D eigenvalue weighted by molar-refractivity contribution is 5.86. The minimum absolute atomic E-state index is 0.236. The monoisotopic (exact) mass is 277 g/mol. The van der Waals surface area contributed by atoms with Crippen LogP contribution in [-0.2, 0) is 14.3 Å². The van der Waals surface area contributed by atoms with Gasteiger partial charge in [-0.1, -0.05) is 36.9 Å². The van der Waals surface area contributed by atoms with Gasteiger partial charge in [-0.2, -0.15) is 0 Å². The highest BCUT2D eigenvalue weighted by Gasteiger charge is 2.18. The molecule has 1 unspecified atom stereocenters. The first kappa shape index (κ1) is 15.9. The van der Waals surface area contributed by atoms with Crippen LogP contribution in [-0.4, -0.2) is 30.2 Å². The maximum absolute atomic E-state index is 11.2. The molecule has 0 saturated heterocycles. The summed E-state index contributed by atoms with van der Waals surface area (Å²) in [4.78, 5) is 22.3. The topological polar surface area (TPSA) is 75.6 Å². The molecule has 5 nitrogen and oxygen atoms in total. The maximum atomic E-state index is 11.2. The van der Waals surface area contributed by atoms with E-state index >= 15 is 0 Å². The number of esters is 1. The van der Waals surface area contributed by atoms with E-state index in [2.05, 4.69) is 11.9 Å². The third kappa shape index (κ3) is 5.24. The molecule has 1 rings (SSSR count). The molecule has 1 aromatic carbocycles. The van der Waals surface area contributed by atoms with Crippen LogP contribution in [0.15, 0.2) is 42.5 Å². The summed E-state index contributed by atoms with van der Waals surface area (Å²) in [5, 5.41) is 12.1. The Kier molecular flexibility index (Phi) is 6.46. The molecule has 1 aromatic rings. The van der Waals surface area contributed by atoms with Crippen molar-refractivity contribution < 1.29 is 19.4 Å². The van der Waals surface area contributed by atoms with E-state index in [1.165, 1.54) is 0 Å². The van der Waals surface area contributed by atoms with E-state index in [-0.39, 0.29) is 6.61 Å². The van der Waals surface area contributed by atoms with Gasteiger partial charge in [0, 0.05) is 5.57 Å². The number of carbonyl (C=O) groups is 2. The van der Waals surface area contributed by atoms with Crippen molar-refractivity contribution in [3.8, 4) is 0 Å². The summed E-state index contributed by atoms with van der Waals surface area (Å²) in [6.07, 6.45) is 0.537. The fraction of sp³-hybridized carbons (Fsp3) is 0.333. The number of ether oxygens (including phenoxy) is 1. The highest BCUT2D eigenvalue weighted by atomic mass is 16.5. The second kappa shape index (κ2) is 8.12. The average molecular weight is 277 g/mol. The predicted molar refractivity (Wildman–Crippen MR) is 75.2 cm³/mol. The number of benzene rings is 1. The molecule has 0 heterocycles. The van der Waals surface area contributed by atoms with Crippen LogP contribution in [0.1, 0.15) is 24.9 Å². The zero-order valence-electron chi connectivity index (χ0n) is 11.5. The Labute approximate surface area is 118 Å². The lowest BCUT2D eigenvalue weighted by Gasteiger charge is -2.14. The van der Waals surface area contributed by atoms with Crippen LogP contribution in [0.4, 0.5) is 0 Å². The Morgan fingerprint density at radius 1 is 1.35 bits per heavy atom. The summed E-state index contributed by atoms with van der Waals surface area (Å²) < 4.78 is 4.93. The fourth-order valence-electron chi connectivity index (χ4n) is 1.60. The fourth-order valence-corrected chi connectivity index (χ4v) is 1.60. The van der Waals surface area contributed by atoms with E-state index < -0.39 is 18.0 Å². The van der Waals surface area contributed by atoms with Gasteiger partial charge < -0.3 is 15.2 Å². The molecule has 1 atom stereocenters. The molecule has 0 radical (unpaired) electrons. The summed E-state index contributed by atoms with van der Waals surface area (Å²) in [7, 11) is 0. The molecule has 0 bridgehead atoms. The van der Waals surface area contributed by atoms with E-state index in [0.29, 0.717) is 24.1 Å². The standard InChI is InChI=1S/C15H19NO4/c1-11(2)15(19)20-10-6-9-16-13(14(17)18)12-7-4-3-5-8-12/h3-5,7-8,13,16H,1,6,9-10H2,2H3,(H,17,18). The lowest BCUT2D eigenvalue weighted by atomic mass is 10.1. The molecule has 2 N–H and O–H groups in total. The van der Waals surface area contributed by atoms with Gasteiger partial charge in [-0.25, -0.2) is 4.79 Å². The van der Waals surface area contributed by atoms with Crippen molar-refractivity contribution in [2.24, 2.45) is 0 Å². The zero-order chi connectivity index (χ0) is 15.0. The second-order valence-corrected chi connectivity index (χ2v) is 4.41. The Morgan fingerprint density at radius 2 is 2.00 bits per heavy atom. The first-order chi connectivity index (χ1) is 9.52. The molecule has 0 fully saturated rings. The van der Waals surface area contributed by atoms with Gasteiger partial charge in [-0.15, -0.1) is 0 Å². The van der Waals surface area contributed by atoms with Crippen molar-refractivity contribution in [2.75, 3.05) is 13.2 Å². The normalized spacial score (nSPS) is 11.7. The van der Waals surface area contributed by atoms with E-state index in [1.807, 2.05) is 6.07 Å². The maximum Gasteiger partial charge on any atom is 0.333 e. The summed E-state index contributed by atoms with van der Waals surface area (Å²) >= 11 is 0. The van der Waals surface area contributed by atoms with Crippen LogP contribution >= 0.6 is 0 Å². The SMILES string of the molecule is C=C(C)C(=O)OCCCNC(C(=O)O)c1ccccc1. The molecular weight excluding hydrogens is 258 g/mol. The van der Waals surface area contributed by atoms with Gasteiger partial charge >= 0.3 is 11.9 Å². The van der Waals surface area contributed by atoms with Crippen LogP contribution in [0.25, 0.3) is 0 Å². The molecule has 0 aromatic heterocycles. The number of carbonyl (C=O) groups excluding carboxylic acids is 1. The van der Waals surface area contributed by atoms with Crippen molar-refractivity contribution in [1.82, 2.24) is 5.32 Å². The molecule has 0 aliphatic heterocycles. The molecule has 108 valence electrons. The Hall–Kier alpha value is -2.14. The van der Waals surface area contributed by atoms with Gasteiger partial charge in [0.25, 0.3) is 0 Å². The number of hydrogen-bond donors (Lipinski definition) is 2. The first-order valence-corrected chi connectivity index (χ1v) is 6.36. The summed E-state index contributed by atoms with van der Waals surface area (Å²) in [5.74, 6) is -1.36. The van der Waals surface area contributed by atoms with Crippen molar-refractivity contribution in [3.63, 3.8) is 0 Å². The number of nitrogens with one attached hydrogen (secondary N) is 1. The lowest BCUT2D eigenvalue weighted by Crippen LogP contribution is -2.29. The number of carboxylic acids is 1. The largest absolute Gasteiger partial charge is 0.480 e. The van der Waals surface area contributed by atoms with Crippen LogP contribution in [0.3, 0.4) is 0 Å². The molecule has 0 aliphatic rings. The van der Waals surface area contributed by atoms with Gasteiger partial charge in [0.05, 0.1) is 6.61 Å². The van der Waals surface area contributed by atoms with Gasteiger partial charge in [0.2, 0.25) is 0 Å². The Morgan fingerprint density at radius 3 is 2.55 bits per heavy atom. The average Bonchev–Trinajstić information content (AvgIpc) is 2.42. The smallest absolute Gasteiger partial charge is 0.333 e. The van der Waals surface area contributed by atoms with Gasteiger partial charge in [-0.3, -0.25) is 4.79 Å². The van der Waals surface area contributed by atoms with Gasteiger partial charge in [0.1, 0.15) is 6.04 Å². The summed E-state index contributed by atoms with van der Waals surface area (Å²) in [5.41, 5.74) is 1.05. The van der Waals surface area contributed by atoms with Crippen molar-refractivity contribution in [1.29, 1.82) is 0 Å². The van der Waals surface area contributed by atoms with Crippen molar-refractivity contribution >= 4 is 11.9 Å². The zero-order valence-corrected chi connectivity index (χ0v) is 11.5. The molecule has 0 spiro atoms. The van der Waals surface area contributed by atoms with E-state index in [4.69, 9.17) is 4.74 Å². The van der Waals surface area contributed by atoms with Crippen LogP contribution in [0.2, 0.25) is 0 Å². The minimum Gasteiger partial charge on any atom is -0.480 e. The third-order valence-corrected chi connectivity index (χ3v) is 2.63. The third-order valence-electron chi connectivity index (χ3n) is 2.63. The van der Waals surface area contributed by atoms with Gasteiger partial charge in [0.15, 0.2) is 0 Å². The summed E-state index contributed by atoms with van der Waals surface area (Å²) in [6.45, 7) is 5.73. The number of rotatable bonds is 8. The number of carboxylic acid groups (broad SMARTS) is 1. The summed E-state index contributed by atoms with van der Waals surface area (Å²) in [6, 6.07) is 8.18. The van der Waals surface area contributed by atoms with E-state index in [0.717, 1.165) is 0 Å². The number of aliphatic carboxylic acids is 1. The quantitative estimate of drug-likeness (QED) is 0.431. The van der Waals surface area contributed by atoms with E-state index in [9.17, 15) is 14.7 Å². The number of hydrogen-bond acceptors (Lipinski definition) is 4. The van der Waals surface area contributed by atoms with Crippen LogP contribution in [0.5, 0.6) is 0 Å². The predicted octanol–water partition coefficient (Wildman–Crippen LogP) is 1.91. The van der Waals surface area contributed by atoms with E-state index in [1.54, 1.807) is 31.2 Å². The van der Waals surface area contributed by atoms with Crippen LogP contribution in [0, 0.1) is 0 Å². The lowest BCUT2D eigenvalue weighted by molar-refractivity contribution is -0.141.